The second-order valence-electron chi connectivity index (χ2n) is 15.5. The van der Waals surface area contributed by atoms with Crippen LogP contribution in [0.1, 0.15) is 60.8 Å². The zero-order chi connectivity index (χ0) is 39.2. The first-order valence-corrected chi connectivity index (χ1v) is 22.0. The van der Waals surface area contributed by atoms with Crippen LogP contribution in [0, 0.1) is 0 Å². The summed E-state index contributed by atoms with van der Waals surface area (Å²) in [6.07, 6.45) is 4.11. The fourth-order valence-corrected chi connectivity index (χ4v) is 12.2. The summed E-state index contributed by atoms with van der Waals surface area (Å²) in [4.78, 5) is 65.3. The van der Waals surface area contributed by atoms with Gasteiger partial charge in [0.05, 0.1) is 0 Å². The van der Waals surface area contributed by atoms with Gasteiger partial charge < -0.3 is 18.7 Å². The highest BCUT2D eigenvalue weighted by Crippen LogP contribution is 2.44. The van der Waals surface area contributed by atoms with Gasteiger partial charge in [-0.1, -0.05) is 97.1 Å². The minimum absolute atomic E-state index is 0.368. The summed E-state index contributed by atoms with van der Waals surface area (Å²) < 4.78 is 17.9. The molecule has 2 amide bonds. The molecule has 6 aliphatic heterocycles. The predicted octanol–water partition coefficient (Wildman–Crippen LogP) is 6.62. The average Bonchev–Trinajstić information content (AvgIpc) is 4.00. The molecule has 15 heteroatoms. The third kappa shape index (κ3) is 5.10. The molecule has 2 fully saturated rings. The van der Waals surface area contributed by atoms with Crippen molar-refractivity contribution < 1.29 is 18.4 Å². The van der Waals surface area contributed by atoms with Crippen molar-refractivity contribution in [2.75, 3.05) is 26.2 Å². The van der Waals surface area contributed by atoms with E-state index in [0.29, 0.717) is 93.7 Å². The fraction of sp³-hybridized carbons (Fsp3) is 0.227. The van der Waals surface area contributed by atoms with E-state index in [9.17, 15) is 0 Å². The molecule has 0 unspecified atom stereocenters. The summed E-state index contributed by atoms with van der Waals surface area (Å²) >= 11 is 0. The van der Waals surface area contributed by atoms with Crippen molar-refractivity contribution in [2.45, 2.75) is 38.5 Å². The minimum Gasteiger partial charge on any atom is -0.435 e. The lowest BCUT2D eigenvalue weighted by Crippen LogP contribution is -2.67. The molecule has 0 radical (unpaired) electrons. The summed E-state index contributed by atoms with van der Waals surface area (Å²) in [6.45, 7) is 2.01. The number of rotatable bonds is 2. The Bertz CT molecular complexity index is 2900. The lowest BCUT2D eigenvalue weighted by molar-refractivity contribution is 0.100. The lowest BCUT2D eigenvalue weighted by Gasteiger charge is -2.36. The minimum atomic E-state index is -4.97. The third-order valence-electron chi connectivity index (χ3n) is 12.0. The first-order valence-electron chi connectivity index (χ1n) is 20.3. The third-order valence-corrected chi connectivity index (χ3v) is 14.8. The molecule has 290 valence electrons. The van der Waals surface area contributed by atoms with Crippen molar-refractivity contribution >= 4 is 77.6 Å². The van der Waals surface area contributed by atoms with Crippen LogP contribution in [0.15, 0.2) is 127 Å². The summed E-state index contributed by atoms with van der Waals surface area (Å²) in [6, 6.07) is 31.3. The molecule has 4 aromatic carbocycles. The smallest absolute Gasteiger partial charge is 0.435 e. The van der Waals surface area contributed by atoms with E-state index in [-0.39, 0.29) is 0 Å². The summed E-state index contributed by atoms with van der Waals surface area (Å²) in [5.74, 6) is 2.41. The Kier molecular flexibility index (Phi) is 7.51. The van der Waals surface area contributed by atoms with E-state index in [1.807, 2.05) is 97.1 Å². The van der Waals surface area contributed by atoms with Crippen molar-refractivity contribution in [2.24, 2.45) is 30.0 Å². The number of likely N-dealkylation sites (tertiary alicyclic amines) is 2. The van der Waals surface area contributed by atoms with Crippen LogP contribution in [0.25, 0.3) is 21.5 Å². The number of aliphatic imine (C=N–C) groups is 4. The van der Waals surface area contributed by atoms with Gasteiger partial charge in [0.2, 0.25) is 0 Å². The normalized spacial score (nSPS) is 21.3. The maximum atomic E-state index is 15.1. The van der Waals surface area contributed by atoms with Gasteiger partial charge in [-0.3, -0.25) is 8.47 Å². The largest absolute Gasteiger partial charge is 0.744 e. The highest BCUT2D eigenvalue weighted by molar-refractivity contribution is 6.69. The van der Waals surface area contributed by atoms with Gasteiger partial charge in [0, 0.05) is 70.0 Å². The van der Waals surface area contributed by atoms with E-state index in [0.717, 1.165) is 60.8 Å². The van der Waals surface area contributed by atoms with Crippen LogP contribution >= 0.6 is 0 Å². The Morgan fingerprint density at radius 3 is 1.19 bits per heavy atom. The van der Waals surface area contributed by atoms with E-state index in [4.69, 9.17) is 38.8 Å². The maximum Gasteiger partial charge on any atom is 0.744 e. The Morgan fingerprint density at radius 2 is 0.780 bits per heavy atom. The van der Waals surface area contributed by atoms with Crippen molar-refractivity contribution in [1.29, 1.82) is 0 Å². The molecule has 14 nitrogen and oxygen atoms in total. The van der Waals surface area contributed by atoms with Crippen LogP contribution < -0.4 is 11.0 Å². The molecule has 0 N–H and O–H groups in total. The Labute approximate surface area is 338 Å². The maximum absolute atomic E-state index is 15.1. The molecule has 0 spiro atoms. The van der Waals surface area contributed by atoms with Crippen LogP contribution in [0.5, 0.6) is 0 Å². The van der Waals surface area contributed by atoms with Crippen molar-refractivity contribution in [3.8, 4) is 0 Å². The van der Waals surface area contributed by atoms with E-state index in [1.54, 1.807) is 18.3 Å². The number of piperidine rings is 2. The Hall–Kier alpha value is -7.00. The number of aromatic nitrogens is 2. The van der Waals surface area contributed by atoms with Gasteiger partial charge in [0.1, 0.15) is 22.6 Å². The van der Waals surface area contributed by atoms with E-state index in [1.165, 1.54) is 0 Å². The Balaban J connectivity index is 1.32. The highest BCUT2D eigenvalue weighted by Gasteiger charge is 2.60. The molecule has 0 aliphatic carbocycles. The number of nitrogens with zero attached hydrogens (tertiary/aromatic N) is 10. The first kappa shape index (κ1) is 34.1. The van der Waals surface area contributed by atoms with Gasteiger partial charge in [-0.2, -0.15) is 0 Å². The van der Waals surface area contributed by atoms with Crippen molar-refractivity contribution in [3.63, 3.8) is 0 Å². The van der Waals surface area contributed by atoms with Gasteiger partial charge >= 0.3 is 21.1 Å². The highest BCUT2D eigenvalue weighted by atomic mass is 28.4. The summed E-state index contributed by atoms with van der Waals surface area (Å²) in [5.41, 5.74) is 3.89. The second-order valence-corrected chi connectivity index (χ2v) is 17.9. The molecule has 6 aliphatic rings. The van der Waals surface area contributed by atoms with Gasteiger partial charge in [-0.15, -0.1) is 0 Å². The number of hydrogen-bond donors (Lipinski definition) is 0. The number of carbonyl (C=O) groups excluding carboxylic acids is 2. The molecule has 6 aromatic rings. The van der Waals surface area contributed by atoms with Crippen LogP contribution in [-0.4, -0.2) is 88.9 Å². The number of hydrogen-bond acceptors (Lipinski definition) is 10. The first-order chi connectivity index (χ1) is 29.1. The zero-order valence-corrected chi connectivity index (χ0v) is 32.9. The number of benzene rings is 4. The number of amides is 2. The molecule has 2 saturated heterocycles. The SMILES string of the molecule is O=C(O[Si]1(OC(=O)N2CCCCC2)n2c3c4ccccc4c2/N=C2N=C(/N=c4/c5ccccc5/c(n41)=N/C1=NC(=N\3)/c3ccccc31)c1ccccc1\2)N1CCCCC1. The molecule has 0 atom stereocenters. The molecular weight excluding hydrogens is 761 g/mol. The quantitative estimate of drug-likeness (QED) is 0.182. The standard InChI is InChI=1S/C44H36N10O4Si/c55-43(51-23-11-1-12-24-51)57-59(58-44(56)52-25-13-2-14-26-52)53-39-31-19-7-8-20-32(31)41(53)49-37-29-17-5-6-18-30(29)38(46-37)50-42-34-22-10-9-21-33(34)40(54(42)59)48-36-28-16-4-3-15-27(28)35(45-36)47-39/h3-10,15-22H,1-2,11-14,23-26H2/b47-35-,47-39?,48-36?,48-40-,49-37-,49-41?,50-38?,50-42-. The molecule has 8 heterocycles. The monoisotopic (exact) mass is 796 g/mol. The second kappa shape index (κ2) is 13.0. The van der Waals surface area contributed by atoms with Gasteiger partial charge in [0.15, 0.2) is 23.3 Å². The molecular formula is C44H36N10O4Si. The topological polar surface area (TPSA) is 143 Å². The fourth-order valence-electron chi connectivity index (χ4n) is 9.15. The van der Waals surface area contributed by atoms with Crippen LogP contribution in [0.3, 0.4) is 0 Å². The lowest BCUT2D eigenvalue weighted by atomic mass is 10.1. The summed E-state index contributed by atoms with van der Waals surface area (Å²) in [7, 11) is -4.97. The van der Waals surface area contributed by atoms with Crippen LogP contribution in [0.4, 0.5) is 21.2 Å². The zero-order valence-electron chi connectivity index (χ0n) is 31.9. The summed E-state index contributed by atoms with van der Waals surface area (Å²) in [5, 5.41) is 2.79. The predicted molar refractivity (Wildman–Crippen MR) is 225 cm³/mol. The molecule has 12 rings (SSSR count). The molecule has 0 saturated carbocycles. The molecule has 2 aromatic heterocycles. The number of carbonyl (C=O) groups is 2. The molecule has 6 bridgehead atoms. The van der Waals surface area contributed by atoms with Crippen LogP contribution in [-0.2, 0) is 8.85 Å². The van der Waals surface area contributed by atoms with Gasteiger partial charge in [-0.05, 0) is 38.5 Å². The number of amidine groups is 4. The van der Waals surface area contributed by atoms with Gasteiger partial charge in [-0.25, -0.2) is 39.5 Å². The Morgan fingerprint density at radius 1 is 0.424 bits per heavy atom. The van der Waals surface area contributed by atoms with E-state index < -0.39 is 21.1 Å². The van der Waals surface area contributed by atoms with Crippen molar-refractivity contribution in [3.05, 3.63) is 130 Å². The molecule has 59 heavy (non-hydrogen) atoms. The number of fused-ring (bicyclic) bond motifs is 14. The van der Waals surface area contributed by atoms with E-state index in [2.05, 4.69) is 0 Å². The van der Waals surface area contributed by atoms with E-state index >= 15 is 9.59 Å². The van der Waals surface area contributed by atoms with Crippen LogP contribution in [0.2, 0.25) is 0 Å². The average molecular weight is 797 g/mol. The van der Waals surface area contributed by atoms with Gasteiger partial charge in [0.25, 0.3) is 0 Å². The van der Waals surface area contributed by atoms with Crippen molar-refractivity contribution in [1.82, 2.24) is 18.3 Å².